The lowest BCUT2D eigenvalue weighted by molar-refractivity contribution is 0.645. The maximum atomic E-state index is 6.75. The highest BCUT2D eigenvalue weighted by Gasteiger charge is 2.23. The van der Waals surface area contributed by atoms with E-state index in [1.54, 1.807) is 0 Å². The lowest BCUT2D eigenvalue weighted by atomic mass is 9.94. The zero-order valence-corrected chi connectivity index (χ0v) is 32.5. The van der Waals surface area contributed by atoms with E-state index in [1.165, 1.54) is 22.1 Å². The molecule has 0 aliphatic heterocycles. The van der Waals surface area contributed by atoms with Crippen LogP contribution in [0.1, 0.15) is 0 Å². The monoisotopic (exact) mass is 768 g/mol. The summed E-state index contributed by atoms with van der Waals surface area (Å²) in [5.41, 5.74) is 15.6. The highest BCUT2D eigenvalue weighted by molar-refractivity contribution is 6.23. The normalized spacial score (nSPS) is 11.7. The average molecular weight is 769 g/mol. The second-order valence-electron chi connectivity index (χ2n) is 15.2. The lowest BCUT2D eigenvalue weighted by Crippen LogP contribution is -2.10. The van der Waals surface area contributed by atoms with Crippen molar-refractivity contribution < 1.29 is 8.83 Å². The highest BCUT2D eigenvalue weighted by atomic mass is 16.3. The van der Waals surface area contributed by atoms with Crippen LogP contribution in [0.5, 0.6) is 0 Å². The standard InChI is InChI=1S/C56H36N2O2/c1-3-15-37(16-4-1)43-19-7-8-20-44(43)38-29-33-41(34-30-38)57(50-26-13-24-47-46-21-10-12-27-51(46)59-55(47)50)42-35-31-39(32-36-42)45-23-14-28-52-53(45)54-48-22-9-11-25-49(48)58(56(54)60-52)40-17-5-2-6-18-40/h1-36H. The first-order valence-corrected chi connectivity index (χ1v) is 20.3. The van der Waals surface area contributed by atoms with Crippen LogP contribution in [0.3, 0.4) is 0 Å². The molecule has 0 aliphatic carbocycles. The van der Waals surface area contributed by atoms with Crippen molar-refractivity contribution in [3.8, 4) is 39.1 Å². The lowest BCUT2D eigenvalue weighted by Gasteiger charge is -2.26. The molecular weight excluding hydrogens is 733 g/mol. The number of fused-ring (bicyclic) bond motifs is 8. The molecule has 0 spiro atoms. The quantitative estimate of drug-likeness (QED) is 0.162. The summed E-state index contributed by atoms with van der Waals surface area (Å²) in [4.78, 5) is 2.31. The van der Waals surface area contributed by atoms with Crippen LogP contribution in [0, 0.1) is 0 Å². The summed E-state index contributed by atoms with van der Waals surface area (Å²) in [5, 5.41) is 5.59. The zero-order valence-electron chi connectivity index (χ0n) is 32.5. The molecule has 3 heterocycles. The molecule has 0 amide bonds. The number of benzene rings is 9. The van der Waals surface area contributed by atoms with Gasteiger partial charge in [-0.3, -0.25) is 4.57 Å². The summed E-state index contributed by atoms with van der Waals surface area (Å²) in [6, 6.07) is 77.2. The van der Waals surface area contributed by atoms with E-state index >= 15 is 0 Å². The number of nitrogens with zero attached hydrogens (tertiary/aromatic N) is 2. The van der Waals surface area contributed by atoms with E-state index in [1.807, 2.05) is 18.2 Å². The molecule has 3 aromatic heterocycles. The number of anilines is 3. The molecule has 60 heavy (non-hydrogen) atoms. The van der Waals surface area contributed by atoms with E-state index < -0.39 is 0 Å². The minimum Gasteiger partial charge on any atom is -0.454 e. The van der Waals surface area contributed by atoms with Crippen LogP contribution in [0.15, 0.2) is 227 Å². The molecule has 4 heteroatoms. The number of aromatic nitrogens is 1. The molecule has 9 aromatic carbocycles. The van der Waals surface area contributed by atoms with Crippen molar-refractivity contribution in [1.29, 1.82) is 0 Å². The van der Waals surface area contributed by atoms with Crippen molar-refractivity contribution in [2.45, 2.75) is 0 Å². The van der Waals surface area contributed by atoms with Gasteiger partial charge in [-0.2, -0.15) is 0 Å². The third kappa shape index (κ3) is 5.39. The first kappa shape index (κ1) is 34.0. The summed E-state index contributed by atoms with van der Waals surface area (Å²) >= 11 is 0. The topological polar surface area (TPSA) is 34.5 Å². The number of rotatable bonds is 7. The molecule has 4 nitrogen and oxygen atoms in total. The molecule has 0 atom stereocenters. The SMILES string of the molecule is c1ccc(-c2ccccc2-c2ccc(N(c3ccc(-c4cccc5oc6c(c7ccccc7n6-c6ccccc6)c45)cc3)c3cccc4c3oc3ccccc34)cc2)cc1. The van der Waals surface area contributed by atoms with E-state index in [0.29, 0.717) is 0 Å². The van der Waals surface area contributed by atoms with Gasteiger partial charge in [-0.05, 0) is 94.0 Å². The van der Waals surface area contributed by atoms with Crippen LogP contribution in [-0.2, 0) is 0 Å². The van der Waals surface area contributed by atoms with Gasteiger partial charge in [0, 0.05) is 38.6 Å². The van der Waals surface area contributed by atoms with Gasteiger partial charge >= 0.3 is 0 Å². The molecule has 0 saturated heterocycles. The third-order valence-corrected chi connectivity index (χ3v) is 11.8. The smallest absolute Gasteiger partial charge is 0.213 e. The van der Waals surface area contributed by atoms with Crippen molar-refractivity contribution in [1.82, 2.24) is 4.57 Å². The van der Waals surface area contributed by atoms with Gasteiger partial charge < -0.3 is 13.7 Å². The van der Waals surface area contributed by atoms with Crippen LogP contribution in [-0.4, -0.2) is 4.57 Å². The van der Waals surface area contributed by atoms with E-state index in [9.17, 15) is 0 Å². The fourth-order valence-corrected chi connectivity index (χ4v) is 9.13. The first-order chi connectivity index (χ1) is 29.8. The molecule has 282 valence electrons. The molecule has 0 fully saturated rings. The Morgan fingerprint density at radius 2 is 0.883 bits per heavy atom. The summed E-state index contributed by atoms with van der Waals surface area (Å²) in [6.07, 6.45) is 0. The van der Waals surface area contributed by atoms with Crippen molar-refractivity contribution in [3.05, 3.63) is 218 Å². The van der Waals surface area contributed by atoms with Crippen molar-refractivity contribution in [2.75, 3.05) is 4.90 Å². The van der Waals surface area contributed by atoms with Gasteiger partial charge in [-0.1, -0.05) is 158 Å². The maximum absolute atomic E-state index is 6.75. The van der Waals surface area contributed by atoms with Crippen LogP contribution < -0.4 is 4.90 Å². The summed E-state index contributed by atoms with van der Waals surface area (Å²) in [7, 11) is 0. The van der Waals surface area contributed by atoms with E-state index in [0.717, 1.165) is 89.0 Å². The number of para-hydroxylation sites is 4. The molecule has 12 rings (SSSR count). The minimum atomic E-state index is 0.849. The number of hydrogen-bond donors (Lipinski definition) is 0. The second kappa shape index (κ2) is 13.8. The van der Waals surface area contributed by atoms with Gasteiger partial charge in [-0.15, -0.1) is 0 Å². The predicted octanol–water partition coefficient (Wildman–Crippen LogP) is 15.9. The van der Waals surface area contributed by atoms with Gasteiger partial charge in [0.05, 0.1) is 16.6 Å². The van der Waals surface area contributed by atoms with Crippen LogP contribution in [0.2, 0.25) is 0 Å². The minimum absolute atomic E-state index is 0.849. The van der Waals surface area contributed by atoms with Crippen molar-refractivity contribution in [3.63, 3.8) is 0 Å². The van der Waals surface area contributed by atoms with Gasteiger partial charge in [-0.25, -0.2) is 0 Å². The fraction of sp³-hybridized carbons (Fsp3) is 0. The average Bonchev–Trinajstić information content (AvgIpc) is 3.99. The summed E-state index contributed by atoms with van der Waals surface area (Å²) in [6.45, 7) is 0. The Morgan fingerprint density at radius 1 is 0.350 bits per heavy atom. The van der Waals surface area contributed by atoms with Crippen molar-refractivity contribution in [2.24, 2.45) is 0 Å². The predicted molar refractivity (Wildman–Crippen MR) is 249 cm³/mol. The Balaban J connectivity index is 1.01. The Labute approximate surface area is 346 Å². The Hall–Kier alpha value is -8.08. The van der Waals surface area contributed by atoms with Crippen LogP contribution in [0.4, 0.5) is 17.1 Å². The Morgan fingerprint density at radius 3 is 1.62 bits per heavy atom. The zero-order chi connectivity index (χ0) is 39.6. The molecule has 0 radical (unpaired) electrons. The third-order valence-electron chi connectivity index (χ3n) is 11.8. The molecule has 0 N–H and O–H groups in total. The molecule has 12 aromatic rings. The summed E-state index contributed by atoms with van der Waals surface area (Å²) in [5.74, 6) is 0. The molecule has 0 aliphatic rings. The van der Waals surface area contributed by atoms with Gasteiger partial charge in [0.15, 0.2) is 5.58 Å². The Bertz CT molecular complexity index is 3520. The van der Waals surface area contributed by atoms with Gasteiger partial charge in [0.1, 0.15) is 11.2 Å². The van der Waals surface area contributed by atoms with E-state index in [-0.39, 0.29) is 0 Å². The summed E-state index contributed by atoms with van der Waals surface area (Å²) < 4.78 is 15.6. The largest absolute Gasteiger partial charge is 0.454 e. The molecule has 0 unspecified atom stereocenters. The highest BCUT2D eigenvalue weighted by Crippen LogP contribution is 2.46. The second-order valence-corrected chi connectivity index (χ2v) is 15.2. The molecule has 0 bridgehead atoms. The Kier molecular flexibility index (Phi) is 7.82. The fourth-order valence-electron chi connectivity index (χ4n) is 9.13. The van der Waals surface area contributed by atoms with Crippen molar-refractivity contribution >= 4 is 72.0 Å². The van der Waals surface area contributed by atoms with E-state index in [2.05, 4.69) is 210 Å². The van der Waals surface area contributed by atoms with E-state index in [4.69, 9.17) is 8.83 Å². The molecular formula is C56H36N2O2. The van der Waals surface area contributed by atoms with Gasteiger partial charge in [0.25, 0.3) is 0 Å². The number of hydrogen-bond acceptors (Lipinski definition) is 3. The molecule has 0 saturated carbocycles. The number of furan rings is 2. The van der Waals surface area contributed by atoms with Crippen LogP contribution >= 0.6 is 0 Å². The maximum Gasteiger partial charge on any atom is 0.213 e. The van der Waals surface area contributed by atoms with Gasteiger partial charge in [0.2, 0.25) is 5.71 Å². The van der Waals surface area contributed by atoms with Crippen LogP contribution in [0.25, 0.3) is 94.0 Å². The first-order valence-electron chi connectivity index (χ1n) is 20.3.